The zero-order valence-electron chi connectivity index (χ0n) is 14.6. The van der Waals surface area contributed by atoms with E-state index in [1.807, 2.05) is 0 Å². The number of halogens is 5. The van der Waals surface area contributed by atoms with Crippen molar-refractivity contribution in [2.24, 2.45) is 5.73 Å². The van der Waals surface area contributed by atoms with Crippen LogP contribution in [0.3, 0.4) is 0 Å². The topological polar surface area (TPSA) is 48.0 Å². The Morgan fingerprint density at radius 2 is 1.90 bits per heavy atom. The second-order valence-corrected chi connectivity index (χ2v) is 7.01. The Labute approximate surface area is 167 Å². The molecule has 0 spiro atoms. The van der Waals surface area contributed by atoms with E-state index in [0.717, 1.165) is 12.1 Å². The Bertz CT molecular complexity index is 1280. The van der Waals surface area contributed by atoms with Crippen LogP contribution in [0.15, 0.2) is 48.5 Å². The summed E-state index contributed by atoms with van der Waals surface area (Å²) in [6, 6.07) is 13.4. The summed E-state index contributed by atoms with van der Waals surface area (Å²) >= 11 is 6.09. The molecule has 0 saturated carbocycles. The maximum Gasteiger partial charge on any atom is 0.416 e. The van der Waals surface area contributed by atoms with Crippen molar-refractivity contribution in [1.29, 1.82) is 0 Å². The van der Waals surface area contributed by atoms with Gasteiger partial charge >= 0.3 is 6.18 Å². The largest absolute Gasteiger partial charge is 0.416 e. The molecule has 0 atom stereocenters. The predicted octanol–water partition coefficient (Wildman–Crippen LogP) is 5.55. The SMILES string of the molecule is NC(=O)c1cccc2c1c1[c]cc(Cl)cc1n2Cc1cc(F)cc(C(F)(F)F)c1. The molecule has 1 aromatic heterocycles. The number of primary amides is 1. The van der Waals surface area contributed by atoms with Crippen molar-refractivity contribution >= 4 is 39.3 Å². The van der Waals surface area contributed by atoms with Gasteiger partial charge in [-0.05, 0) is 54.1 Å². The lowest BCUT2D eigenvalue weighted by molar-refractivity contribution is -0.137. The van der Waals surface area contributed by atoms with E-state index in [4.69, 9.17) is 17.3 Å². The van der Waals surface area contributed by atoms with Gasteiger partial charge in [-0.3, -0.25) is 4.79 Å². The summed E-state index contributed by atoms with van der Waals surface area (Å²) in [7, 11) is 0. The fourth-order valence-electron chi connectivity index (χ4n) is 3.49. The highest BCUT2D eigenvalue weighted by Gasteiger charge is 2.31. The van der Waals surface area contributed by atoms with Gasteiger partial charge in [-0.1, -0.05) is 17.7 Å². The van der Waals surface area contributed by atoms with Crippen molar-refractivity contribution in [2.45, 2.75) is 12.7 Å². The summed E-state index contributed by atoms with van der Waals surface area (Å²) < 4.78 is 54.8. The lowest BCUT2D eigenvalue weighted by atomic mass is 10.1. The number of carbonyl (C=O) groups excluding carboxylic acids is 1. The summed E-state index contributed by atoms with van der Waals surface area (Å²) in [4.78, 5) is 11.9. The van der Waals surface area contributed by atoms with Crippen LogP contribution in [0, 0.1) is 11.9 Å². The lowest BCUT2D eigenvalue weighted by Gasteiger charge is -2.12. The van der Waals surface area contributed by atoms with E-state index >= 15 is 0 Å². The average molecular weight is 420 g/mol. The van der Waals surface area contributed by atoms with Crippen LogP contribution < -0.4 is 5.73 Å². The summed E-state index contributed by atoms with van der Waals surface area (Å²) in [6.07, 6.45) is -4.67. The molecule has 0 unspecified atom stereocenters. The average Bonchev–Trinajstić information content (AvgIpc) is 2.93. The molecule has 0 saturated heterocycles. The van der Waals surface area contributed by atoms with Crippen molar-refractivity contribution in [3.8, 4) is 0 Å². The molecule has 1 amide bonds. The number of rotatable bonds is 3. The number of hydrogen-bond acceptors (Lipinski definition) is 1. The van der Waals surface area contributed by atoms with Crippen LogP contribution in [0.25, 0.3) is 21.8 Å². The smallest absolute Gasteiger partial charge is 0.366 e. The Kier molecular flexibility index (Phi) is 4.50. The molecular weight excluding hydrogens is 408 g/mol. The Hall–Kier alpha value is -3.06. The second-order valence-electron chi connectivity index (χ2n) is 6.57. The number of nitrogens with two attached hydrogens (primary N) is 1. The molecule has 0 bridgehead atoms. The van der Waals surface area contributed by atoms with Gasteiger partial charge < -0.3 is 10.3 Å². The molecule has 0 aliphatic heterocycles. The Balaban J connectivity index is 1.99. The maximum atomic E-state index is 13.9. The molecule has 29 heavy (non-hydrogen) atoms. The number of hydrogen-bond donors (Lipinski definition) is 1. The third kappa shape index (κ3) is 3.42. The molecule has 1 radical (unpaired) electrons. The van der Waals surface area contributed by atoms with Gasteiger partial charge in [0.1, 0.15) is 5.82 Å². The number of alkyl halides is 3. The number of fused-ring (bicyclic) bond motifs is 3. The molecule has 3 aromatic carbocycles. The molecule has 0 fully saturated rings. The standard InChI is InChI=1S/C21H12ClF4N2O/c22-13-4-5-15-18(9-13)28(17-3-1-2-16(19(15)17)20(27)29)10-11-6-12(21(24,25)26)8-14(23)7-11/h1-4,6-9H,10H2,(H2,27,29). The second kappa shape index (κ2) is 6.77. The minimum absolute atomic E-state index is 0.0722. The Morgan fingerprint density at radius 1 is 1.14 bits per heavy atom. The third-order valence-corrected chi connectivity index (χ3v) is 4.87. The number of nitrogens with zero attached hydrogens (tertiary/aromatic N) is 1. The molecule has 147 valence electrons. The number of benzene rings is 3. The van der Waals surface area contributed by atoms with E-state index in [9.17, 15) is 22.4 Å². The zero-order chi connectivity index (χ0) is 20.9. The van der Waals surface area contributed by atoms with Crippen LogP contribution in [0.5, 0.6) is 0 Å². The van der Waals surface area contributed by atoms with E-state index in [2.05, 4.69) is 6.07 Å². The monoisotopic (exact) mass is 419 g/mol. The van der Waals surface area contributed by atoms with Crippen molar-refractivity contribution in [2.75, 3.05) is 0 Å². The van der Waals surface area contributed by atoms with E-state index in [1.165, 1.54) is 6.07 Å². The van der Waals surface area contributed by atoms with Crippen LogP contribution in [0.1, 0.15) is 21.5 Å². The third-order valence-electron chi connectivity index (χ3n) is 4.65. The molecule has 0 aliphatic rings. The van der Waals surface area contributed by atoms with Gasteiger partial charge in [0.05, 0.1) is 16.6 Å². The Morgan fingerprint density at radius 3 is 2.59 bits per heavy atom. The molecular formula is C21H12ClF4N2O. The lowest BCUT2D eigenvalue weighted by Crippen LogP contribution is -2.11. The van der Waals surface area contributed by atoms with Gasteiger partial charge in [0.25, 0.3) is 0 Å². The van der Waals surface area contributed by atoms with Crippen LogP contribution in [0.4, 0.5) is 17.6 Å². The highest BCUT2D eigenvalue weighted by atomic mass is 35.5. The highest BCUT2D eigenvalue weighted by molar-refractivity contribution is 6.31. The molecule has 4 rings (SSSR count). The van der Waals surface area contributed by atoms with Gasteiger partial charge in [-0.2, -0.15) is 13.2 Å². The zero-order valence-corrected chi connectivity index (χ0v) is 15.4. The summed E-state index contributed by atoms with van der Waals surface area (Å²) in [5.41, 5.74) is 5.87. The fraction of sp³-hybridized carbons (Fsp3) is 0.0952. The van der Waals surface area contributed by atoms with Crippen LogP contribution >= 0.6 is 11.6 Å². The van der Waals surface area contributed by atoms with Crippen molar-refractivity contribution in [3.63, 3.8) is 0 Å². The van der Waals surface area contributed by atoms with Crippen LogP contribution in [0.2, 0.25) is 5.02 Å². The first-order valence-corrected chi connectivity index (χ1v) is 8.81. The van der Waals surface area contributed by atoms with Crippen molar-refractivity contribution in [3.05, 3.63) is 82.1 Å². The highest BCUT2D eigenvalue weighted by Crippen LogP contribution is 2.35. The van der Waals surface area contributed by atoms with Crippen molar-refractivity contribution < 1.29 is 22.4 Å². The van der Waals surface area contributed by atoms with E-state index in [0.29, 0.717) is 32.9 Å². The molecule has 2 N–H and O–H groups in total. The van der Waals surface area contributed by atoms with Crippen LogP contribution in [-0.2, 0) is 12.7 Å². The first-order valence-electron chi connectivity index (χ1n) is 8.44. The minimum atomic E-state index is -4.67. The number of carbonyl (C=O) groups is 1. The van der Waals surface area contributed by atoms with E-state index < -0.39 is 23.5 Å². The number of amides is 1. The van der Waals surface area contributed by atoms with Gasteiger partial charge in [-0.25, -0.2) is 4.39 Å². The minimum Gasteiger partial charge on any atom is -0.366 e. The van der Waals surface area contributed by atoms with Crippen LogP contribution in [-0.4, -0.2) is 10.5 Å². The first kappa shape index (κ1) is 19.3. The van der Waals surface area contributed by atoms with E-state index in [-0.39, 0.29) is 17.7 Å². The summed E-state index contributed by atoms with van der Waals surface area (Å²) in [5.74, 6) is -1.64. The van der Waals surface area contributed by atoms with Gasteiger partial charge in [0.15, 0.2) is 0 Å². The van der Waals surface area contributed by atoms with Crippen molar-refractivity contribution in [1.82, 2.24) is 4.57 Å². The first-order chi connectivity index (χ1) is 13.6. The number of aromatic nitrogens is 1. The van der Waals surface area contributed by atoms with Gasteiger partial charge in [0, 0.05) is 27.9 Å². The molecule has 4 aromatic rings. The van der Waals surface area contributed by atoms with Gasteiger partial charge in [-0.15, -0.1) is 0 Å². The molecule has 3 nitrogen and oxygen atoms in total. The normalized spacial score (nSPS) is 12.0. The predicted molar refractivity (Wildman–Crippen MR) is 102 cm³/mol. The molecule has 1 heterocycles. The van der Waals surface area contributed by atoms with Gasteiger partial charge in [0.2, 0.25) is 5.91 Å². The summed E-state index contributed by atoms with van der Waals surface area (Å²) in [6.45, 7) is -0.0722. The molecule has 8 heteroatoms. The molecule has 0 aliphatic carbocycles. The maximum absolute atomic E-state index is 13.9. The van der Waals surface area contributed by atoms with E-state index in [1.54, 1.807) is 28.8 Å². The quantitative estimate of drug-likeness (QED) is 0.435. The summed E-state index contributed by atoms with van der Waals surface area (Å²) in [5, 5.41) is 1.42. The fourth-order valence-corrected chi connectivity index (χ4v) is 3.65.